The lowest BCUT2D eigenvalue weighted by atomic mass is 10.1. The monoisotopic (exact) mass is 231 g/mol. The van der Waals surface area contributed by atoms with Gasteiger partial charge >= 0.3 is 5.69 Å². The molecule has 0 atom stereocenters. The minimum atomic E-state index is -0.579. The Morgan fingerprint density at radius 2 is 2.18 bits per heavy atom. The Kier molecular flexibility index (Phi) is 2.65. The lowest BCUT2D eigenvalue weighted by Crippen LogP contribution is -2.03. The van der Waals surface area contributed by atoms with Gasteiger partial charge in [-0.1, -0.05) is 0 Å². The first-order chi connectivity index (χ1) is 8.11. The molecule has 0 amide bonds. The highest BCUT2D eigenvalue weighted by molar-refractivity contribution is 5.77. The number of nitrogens with two attached hydrogens (primary N) is 1. The smallest absolute Gasteiger partial charge is 0.337 e. The largest absolute Gasteiger partial charge is 0.378 e. The summed E-state index contributed by atoms with van der Waals surface area (Å²) >= 11 is 0. The first-order valence-electron chi connectivity index (χ1n) is 4.77. The minimum absolute atomic E-state index is 0.142. The van der Waals surface area contributed by atoms with Crippen LogP contribution in [-0.4, -0.2) is 19.9 Å². The first-order valence-corrected chi connectivity index (χ1v) is 4.77. The maximum absolute atomic E-state index is 11.0. The van der Waals surface area contributed by atoms with E-state index in [1.165, 1.54) is 6.33 Å². The Hall–Kier alpha value is -2.57. The van der Waals surface area contributed by atoms with E-state index in [4.69, 9.17) is 5.73 Å². The zero-order valence-electron chi connectivity index (χ0n) is 8.99. The van der Waals surface area contributed by atoms with Crippen molar-refractivity contribution in [2.75, 3.05) is 5.73 Å². The molecular weight excluding hydrogens is 222 g/mol. The van der Waals surface area contributed by atoms with Gasteiger partial charge in [-0.3, -0.25) is 15.1 Å². The third-order valence-electron chi connectivity index (χ3n) is 2.31. The number of rotatable bonds is 2. The van der Waals surface area contributed by atoms with Gasteiger partial charge in [0.25, 0.3) is 0 Å². The van der Waals surface area contributed by atoms with Crippen molar-refractivity contribution in [2.45, 2.75) is 6.92 Å². The van der Waals surface area contributed by atoms with Crippen molar-refractivity contribution in [2.24, 2.45) is 0 Å². The molecule has 7 nitrogen and oxygen atoms in total. The highest BCUT2D eigenvalue weighted by atomic mass is 16.6. The molecule has 7 heteroatoms. The summed E-state index contributed by atoms with van der Waals surface area (Å²) in [7, 11) is 0. The van der Waals surface area contributed by atoms with Crippen molar-refractivity contribution in [3.8, 4) is 11.3 Å². The number of nitrogen functional groups attached to an aromatic ring is 1. The average Bonchev–Trinajstić information content (AvgIpc) is 2.28. The second-order valence-corrected chi connectivity index (χ2v) is 3.40. The van der Waals surface area contributed by atoms with Gasteiger partial charge in [0.15, 0.2) is 5.69 Å². The van der Waals surface area contributed by atoms with E-state index in [0.29, 0.717) is 5.56 Å². The van der Waals surface area contributed by atoms with Gasteiger partial charge in [0.2, 0.25) is 5.82 Å². The van der Waals surface area contributed by atoms with Gasteiger partial charge in [-0.2, -0.15) is 0 Å². The molecule has 0 unspecified atom stereocenters. The van der Waals surface area contributed by atoms with Crippen LogP contribution in [0.2, 0.25) is 0 Å². The summed E-state index contributed by atoms with van der Waals surface area (Å²) in [6, 6.07) is 1.66. The Morgan fingerprint density at radius 1 is 1.41 bits per heavy atom. The molecule has 86 valence electrons. The molecule has 0 bridgehead atoms. The molecule has 0 spiro atoms. The van der Waals surface area contributed by atoms with E-state index in [2.05, 4.69) is 15.0 Å². The van der Waals surface area contributed by atoms with Gasteiger partial charge in [-0.15, -0.1) is 0 Å². The van der Waals surface area contributed by atoms with Gasteiger partial charge < -0.3 is 5.73 Å². The number of nitro groups is 1. The molecule has 0 aliphatic heterocycles. The maximum Gasteiger partial charge on any atom is 0.337 e. The maximum atomic E-state index is 11.0. The quantitative estimate of drug-likeness (QED) is 0.617. The SMILES string of the molecule is Cc1cnccc1-c1ncnc(N)c1[N+](=O)[O-]. The van der Waals surface area contributed by atoms with Crippen molar-refractivity contribution >= 4 is 11.5 Å². The van der Waals surface area contributed by atoms with Gasteiger partial charge in [0.1, 0.15) is 6.33 Å². The molecule has 2 heterocycles. The molecule has 0 saturated heterocycles. The van der Waals surface area contributed by atoms with E-state index in [-0.39, 0.29) is 17.2 Å². The Balaban J connectivity index is 2.72. The van der Waals surface area contributed by atoms with E-state index >= 15 is 0 Å². The van der Waals surface area contributed by atoms with Crippen LogP contribution in [0.3, 0.4) is 0 Å². The van der Waals surface area contributed by atoms with Crippen LogP contribution >= 0.6 is 0 Å². The summed E-state index contributed by atoms with van der Waals surface area (Å²) in [6.45, 7) is 1.80. The van der Waals surface area contributed by atoms with Crippen molar-refractivity contribution < 1.29 is 4.92 Å². The van der Waals surface area contributed by atoms with Crippen LogP contribution in [0.1, 0.15) is 5.56 Å². The first kappa shape index (κ1) is 10.9. The van der Waals surface area contributed by atoms with Crippen LogP contribution < -0.4 is 5.73 Å². The molecule has 0 aliphatic rings. The number of hydrogen-bond acceptors (Lipinski definition) is 6. The molecule has 2 N–H and O–H groups in total. The van der Waals surface area contributed by atoms with Crippen LogP contribution in [0.15, 0.2) is 24.8 Å². The van der Waals surface area contributed by atoms with Crippen LogP contribution in [0.5, 0.6) is 0 Å². The molecule has 0 saturated carbocycles. The summed E-state index contributed by atoms with van der Waals surface area (Å²) in [5.74, 6) is -0.142. The Labute approximate surface area is 96.5 Å². The second-order valence-electron chi connectivity index (χ2n) is 3.40. The number of aromatic nitrogens is 3. The number of aryl methyl sites for hydroxylation is 1. The summed E-state index contributed by atoms with van der Waals surface area (Å²) in [4.78, 5) is 21.9. The van der Waals surface area contributed by atoms with Gasteiger partial charge in [0.05, 0.1) is 4.92 Å². The zero-order valence-corrected chi connectivity index (χ0v) is 8.99. The molecule has 2 aromatic rings. The number of pyridine rings is 1. The lowest BCUT2D eigenvalue weighted by molar-refractivity contribution is -0.383. The van der Waals surface area contributed by atoms with Crippen LogP contribution in [0.4, 0.5) is 11.5 Å². The fourth-order valence-corrected chi connectivity index (χ4v) is 1.51. The molecular formula is C10H9N5O2. The molecule has 0 fully saturated rings. The summed E-state index contributed by atoms with van der Waals surface area (Å²) in [5, 5.41) is 11.0. The highest BCUT2D eigenvalue weighted by Gasteiger charge is 2.22. The third-order valence-corrected chi connectivity index (χ3v) is 2.31. The van der Waals surface area contributed by atoms with Crippen molar-refractivity contribution in [3.63, 3.8) is 0 Å². The van der Waals surface area contributed by atoms with Gasteiger partial charge in [-0.05, 0) is 18.6 Å². The Bertz CT molecular complexity index is 585. The van der Waals surface area contributed by atoms with Gasteiger partial charge in [0, 0.05) is 18.0 Å². The van der Waals surface area contributed by atoms with Gasteiger partial charge in [-0.25, -0.2) is 9.97 Å². The number of anilines is 1. The van der Waals surface area contributed by atoms with Crippen LogP contribution in [0, 0.1) is 17.0 Å². The summed E-state index contributed by atoms with van der Waals surface area (Å²) in [5.41, 5.74) is 6.85. The van der Waals surface area contributed by atoms with Crippen LogP contribution in [-0.2, 0) is 0 Å². The molecule has 0 aliphatic carbocycles. The summed E-state index contributed by atoms with van der Waals surface area (Å²) in [6.07, 6.45) is 4.36. The fourth-order valence-electron chi connectivity index (χ4n) is 1.51. The molecule has 2 rings (SSSR count). The standard InChI is InChI=1S/C10H9N5O2/c1-6-4-12-3-2-7(6)8-9(15(16)17)10(11)14-5-13-8/h2-5H,1H3,(H2,11,13,14). The predicted octanol–water partition coefficient (Wildman–Crippen LogP) is 1.34. The average molecular weight is 231 g/mol. The predicted molar refractivity (Wildman–Crippen MR) is 61.1 cm³/mol. The molecule has 17 heavy (non-hydrogen) atoms. The van der Waals surface area contributed by atoms with E-state index in [0.717, 1.165) is 5.56 Å². The van der Waals surface area contributed by atoms with Crippen LogP contribution in [0.25, 0.3) is 11.3 Å². The van der Waals surface area contributed by atoms with E-state index in [1.54, 1.807) is 25.4 Å². The van der Waals surface area contributed by atoms with E-state index in [9.17, 15) is 10.1 Å². The number of hydrogen-bond donors (Lipinski definition) is 1. The lowest BCUT2D eigenvalue weighted by Gasteiger charge is -2.05. The minimum Gasteiger partial charge on any atom is -0.378 e. The van der Waals surface area contributed by atoms with E-state index in [1.807, 2.05) is 0 Å². The van der Waals surface area contributed by atoms with Crippen molar-refractivity contribution in [1.82, 2.24) is 15.0 Å². The van der Waals surface area contributed by atoms with Crippen molar-refractivity contribution in [1.29, 1.82) is 0 Å². The summed E-state index contributed by atoms with van der Waals surface area (Å²) < 4.78 is 0. The fraction of sp³-hybridized carbons (Fsp3) is 0.100. The second kappa shape index (κ2) is 4.12. The van der Waals surface area contributed by atoms with E-state index < -0.39 is 4.92 Å². The molecule has 2 aromatic heterocycles. The van der Waals surface area contributed by atoms with Crippen molar-refractivity contribution in [3.05, 3.63) is 40.5 Å². The molecule has 0 radical (unpaired) electrons. The normalized spacial score (nSPS) is 10.2. The molecule has 0 aromatic carbocycles. The Morgan fingerprint density at radius 3 is 2.82 bits per heavy atom. The zero-order chi connectivity index (χ0) is 12.4. The third kappa shape index (κ3) is 1.89. The number of nitrogens with zero attached hydrogens (tertiary/aromatic N) is 4. The highest BCUT2D eigenvalue weighted by Crippen LogP contribution is 2.32. The topological polar surface area (TPSA) is 108 Å².